The topological polar surface area (TPSA) is 22.1 Å². The van der Waals surface area contributed by atoms with E-state index in [1.54, 1.807) is 6.07 Å². The van der Waals surface area contributed by atoms with E-state index < -0.39 is 0 Å². The summed E-state index contributed by atoms with van der Waals surface area (Å²) >= 11 is 5.68. The van der Waals surface area contributed by atoms with Gasteiger partial charge in [0.1, 0.15) is 5.15 Å². The van der Waals surface area contributed by atoms with Gasteiger partial charge in [-0.1, -0.05) is 17.7 Å². The van der Waals surface area contributed by atoms with E-state index in [2.05, 4.69) is 4.98 Å². The third-order valence-corrected chi connectivity index (χ3v) is 2.06. The summed E-state index contributed by atoms with van der Waals surface area (Å²) in [5, 5.41) is 0.489. The quantitative estimate of drug-likeness (QED) is 0.672. The molecule has 1 aliphatic carbocycles. The number of nitrogens with zero attached hydrogens (tertiary/aromatic N) is 1. The van der Waals surface area contributed by atoms with Gasteiger partial charge in [0.25, 0.3) is 0 Å². The molecule has 0 spiro atoms. The molecule has 3 heteroatoms. The van der Waals surface area contributed by atoms with Crippen LogP contribution in [0.5, 0.6) is 5.88 Å². The van der Waals surface area contributed by atoms with Gasteiger partial charge in [-0.2, -0.15) is 0 Å². The zero-order valence-electron chi connectivity index (χ0n) is 6.66. The minimum atomic E-state index is 0.489. The van der Waals surface area contributed by atoms with E-state index in [1.165, 1.54) is 12.8 Å². The number of rotatable bonds is 3. The van der Waals surface area contributed by atoms with E-state index in [-0.39, 0.29) is 0 Å². The van der Waals surface area contributed by atoms with Crippen molar-refractivity contribution < 1.29 is 4.74 Å². The summed E-state index contributed by atoms with van der Waals surface area (Å²) in [4.78, 5) is 4.02. The van der Waals surface area contributed by atoms with E-state index in [1.807, 2.05) is 12.1 Å². The van der Waals surface area contributed by atoms with Crippen molar-refractivity contribution in [3.05, 3.63) is 23.4 Å². The molecule has 1 saturated carbocycles. The average molecular weight is 184 g/mol. The first-order valence-corrected chi connectivity index (χ1v) is 4.48. The largest absolute Gasteiger partial charge is 0.477 e. The zero-order valence-corrected chi connectivity index (χ0v) is 7.42. The standard InChI is InChI=1S/C9H10ClNO/c10-8-2-1-3-9(11-8)12-6-7-4-5-7/h1-3,7H,4-6H2. The molecule has 1 fully saturated rings. The zero-order chi connectivity index (χ0) is 8.39. The Labute approximate surface area is 76.5 Å². The van der Waals surface area contributed by atoms with Crippen molar-refractivity contribution in [3.8, 4) is 5.88 Å². The van der Waals surface area contributed by atoms with Crippen molar-refractivity contribution >= 4 is 11.6 Å². The number of aromatic nitrogens is 1. The predicted molar refractivity (Wildman–Crippen MR) is 47.5 cm³/mol. The van der Waals surface area contributed by atoms with Gasteiger partial charge >= 0.3 is 0 Å². The molecule has 1 aromatic heterocycles. The monoisotopic (exact) mass is 183 g/mol. The Bertz CT molecular complexity index is 273. The lowest BCUT2D eigenvalue weighted by Crippen LogP contribution is -2.00. The van der Waals surface area contributed by atoms with Crippen LogP contribution in [0.15, 0.2) is 18.2 Å². The van der Waals surface area contributed by atoms with Crippen LogP contribution in [0.25, 0.3) is 0 Å². The van der Waals surface area contributed by atoms with Crippen LogP contribution in [0.1, 0.15) is 12.8 Å². The average Bonchev–Trinajstić information content (AvgIpc) is 2.84. The van der Waals surface area contributed by atoms with Crippen molar-refractivity contribution in [2.75, 3.05) is 6.61 Å². The van der Waals surface area contributed by atoms with Crippen LogP contribution >= 0.6 is 11.6 Å². The summed E-state index contributed by atoms with van der Waals surface area (Å²) < 4.78 is 5.42. The highest BCUT2D eigenvalue weighted by atomic mass is 35.5. The molecule has 1 heterocycles. The van der Waals surface area contributed by atoms with E-state index in [9.17, 15) is 0 Å². The van der Waals surface area contributed by atoms with Gasteiger partial charge in [-0.05, 0) is 24.8 Å². The van der Waals surface area contributed by atoms with Crippen molar-refractivity contribution in [2.45, 2.75) is 12.8 Å². The van der Waals surface area contributed by atoms with Gasteiger partial charge in [0.05, 0.1) is 6.61 Å². The molecule has 0 bridgehead atoms. The van der Waals surface area contributed by atoms with E-state index >= 15 is 0 Å². The van der Waals surface area contributed by atoms with Crippen molar-refractivity contribution in [3.63, 3.8) is 0 Å². The van der Waals surface area contributed by atoms with Crippen LogP contribution in [0.4, 0.5) is 0 Å². The second-order valence-electron chi connectivity index (χ2n) is 3.05. The van der Waals surface area contributed by atoms with Gasteiger partial charge in [-0.3, -0.25) is 0 Å². The summed E-state index contributed by atoms with van der Waals surface area (Å²) in [5.74, 6) is 1.39. The van der Waals surface area contributed by atoms with E-state index in [0.717, 1.165) is 12.5 Å². The fourth-order valence-electron chi connectivity index (χ4n) is 0.958. The second-order valence-corrected chi connectivity index (χ2v) is 3.44. The summed E-state index contributed by atoms with van der Waals surface area (Å²) in [6, 6.07) is 5.41. The van der Waals surface area contributed by atoms with Gasteiger partial charge in [0.15, 0.2) is 0 Å². The normalized spacial score (nSPS) is 16.1. The molecule has 0 atom stereocenters. The molecule has 0 aromatic carbocycles. The van der Waals surface area contributed by atoms with Gasteiger partial charge < -0.3 is 4.74 Å². The first-order valence-electron chi connectivity index (χ1n) is 4.10. The van der Waals surface area contributed by atoms with Gasteiger partial charge in [0, 0.05) is 6.07 Å². The number of hydrogen-bond donors (Lipinski definition) is 0. The molecular formula is C9H10ClNO. The number of hydrogen-bond acceptors (Lipinski definition) is 2. The third kappa shape index (κ3) is 2.11. The summed E-state index contributed by atoms with van der Waals surface area (Å²) in [7, 11) is 0. The smallest absolute Gasteiger partial charge is 0.214 e. The lowest BCUT2D eigenvalue weighted by molar-refractivity contribution is 0.288. The first kappa shape index (κ1) is 7.87. The Hall–Kier alpha value is -0.760. The molecule has 0 saturated heterocycles. The molecule has 0 unspecified atom stereocenters. The Morgan fingerprint density at radius 3 is 3.00 bits per heavy atom. The minimum absolute atomic E-state index is 0.489. The van der Waals surface area contributed by atoms with Gasteiger partial charge in [-0.25, -0.2) is 4.98 Å². The molecule has 12 heavy (non-hydrogen) atoms. The van der Waals surface area contributed by atoms with Crippen LogP contribution in [0.3, 0.4) is 0 Å². The van der Waals surface area contributed by atoms with Crippen LogP contribution in [0, 0.1) is 5.92 Å². The SMILES string of the molecule is Clc1cccc(OCC2CC2)n1. The molecular weight excluding hydrogens is 174 g/mol. The van der Waals surface area contributed by atoms with E-state index in [0.29, 0.717) is 11.0 Å². The maximum absolute atomic E-state index is 5.68. The van der Waals surface area contributed by atoms with Crippen LogP contribution < -0.4 is 4.74 Å². The van der Waals surface area contributed by atoms with Crippen molar-refractivity contribution in [1.82, 2.24) is 4.98 Å². The highest BCUT2D eigenvalue weighted by molar-refractivity contribution is 6.29. The second kappa shape index (κ2) is 3.31. The molecule has 0 amide bonds. The highest BCUT2D eigenvalue weighted by Crippen LogP contribution is 2.29. The molecule has 0 N–H and O–H groups in total. The Balaban J connectivity index is 1.92. The van der Waals surface area contributed by atoms with Crippen molar-refractivity contribution in [2.24, 2.45) is 5.92 Å². The first-order chi connectivity index (χ1) is 5.84. The maximum atomic E-state index is 5.68. The van der Waals surface area contributed by atoms with Crippen LogP contribution in [0.2, 0.25) is 5.15 Å². The fraction of sp³-hybridized carbons (Fsp3) is 0.444. The minimum Gasteiger partial charge on any atom is -0.477 e. The lowest BCUT2D eigenvalue weighted by Gasteiger charge is -2.02. The highest BCUT2D eigenvalue weighted by Gasteiger charge is 2.21. The predicted octanol–water partition coefficient (Wildman–Crippen LogP) is 2.52. The molecule has 2 rings (SSSR count). The molecule has 2 nitrogen and oxygen atoms in total. The molecule has 0 aliphatic heterocycles. The fourth-order valence-corrected chi connectivity index (χ4v) is 1.11. The molecule has 0 radical (unpaired) electrons. The van der Waals surface area contributed by atoms with Gasteiger partial charge in [-0.15, -0.1) is 0 Å². The summed E-state index contributed by atoms with van der Waals surface area (Å²) in [6.07, 6.45) is 2.58. The Morgan fingerprint density at radius 2 is 2.33 bits per heavy atom. The van der Waals surface area contributed by atoms with Crippen LogP contribution in [-0.2, 0) is 0 Å². The lowest BCUT2D eigenvalue weighted by atomic mass is 10.4. The molecule has 1 aromatic rings. The van der Waals surface area contributed by atoms with Crippen LogP contribution in [-0.4, -0.2) is 11.6 Å². The molecule has 64 valence electrons. The van der Waals surface area contributed by atoms with E-state index in [4.69, 9.17) is 16.3 Å². The van der Waals surface area contributed by atoms with Gasteiger partial charge in [0.2, 0.25) is 5.88 Å². The third-order valence-electron chi connectivity index (χ3n) is 1.85. The summed E-state index contributed by atoms with van der Waals surface area (Å²) in [5.41, 5.74) is 0. The molecule has 1 aliphatic rings. The maximum Gasteiger partial charge on any atom is 0.214 e. The Kier molecular flexibility index (Phi) is 2.17. The number of ether oxygens (including phenoxy) is 1. The van der Waals surface area contributed by atoms with Crippen molar-refractivity contribution in [1.29, 1.82) is 0 Å². The number of pyridine rings is 1. The number of halogens is 1. The Morgan fingerprint density at radius 1 is 1.50 bits per heavy atom. The summed E-state index contributed by atoms with van der Waals surface area (Å²) in [6.45, 7) is 0.785.